The minimum absolute atomic E-state index is 0.363. The van der Waals surface area contributed by atoms with Crippen molar-refractivity contribution in [3.05, 3.63) is 35.4 Å². The van der Waals surface area contributed by atoms with Crippen LogP contribution in [0.2, 0.25) is 0 Å². The van der Waals surface area contributed by atoms with Crippen LogP contribution in [0.1, 0.15) is 38.3 Å². The molecule has 2 unspecified atom stereocenters. The van der Waals surface area contributed by atoms with Crippen LogP contribution >= 0.6 is 0 Å². The molecule has 2 aliphatic rings. The van der Waals surface area contributed by atoms with Crippen LogP contribution in [-0.2, 0) is 16.7 Å². The van der Waals surface area contributed by atoms with E-state index in [1.54, 1.807) is 0 Å². The van der Waals surface area contributed by atoms with Crippen molar-refractivity contribution >= 4 is 6.09 Å². The second-order valence-electron chi connectivity index (χ2n) is 7.24. The van der Waals surface area contributed by atoms with Gasteiger partial charge >= 0.3 is 6.09 Å². The molecule has 1 amide bonds. The van der Waals surface area contributed by atoms with Gasteiger partial charge in [0, 0.05) is 18.5 Å². The minimum Gasteiger partial charge on any atom is -0.444 e. The summed E-state index contributed by atoms with van der Waals surface area (Å²) in [6.07, 6.45) is 0.932. The summed E-state index contributed by atoms with van der Waals surface area (Å²) in [5.41, 5.74) is 2.44. The molecule has 1 aromatic rings. The van der Waals surface area contributed by atoms with Crippen molar-refractivity contribution in [1.82, 2.24) is 10.6 Å². The molecule has 1 aliphatic heterocycles. The topological polar surface area (TPSA) is 50.4 Å². The highest BCUT2D eigenvalue weighted by Crippen LogP contribution is 2.56. The number of hydrogen-bond acceptors (Lipinski definition) is 3. The predicted octanol–water partition coefficient (Wildman–Crippen LogP) is 2.57. The quantitative estimate of drug-likeness (QED) is 0.899. The summed E-state index contributed by atoms with van der Waals surface area (Å²) in [5, 5.41) is 6.29. The van der Waals surface area contributed by atoms with Gasteiger partial charge in [-0.3, -0.25) is 0 Å². The van der Waals surface area contributed by atoms with Gasteiger partial charge in [-0.15, -0.1) is 0 Å². The Morgan fingerprint density at radius 3 is 2.90 bits per heavy atom. The number of nitrogens with one attached hydrogen (secondary N) is 2. The molecule has 1 saturated carbocycles. The van der Waals surface area contributed by atoms with Gasteiger partial charge in [0.25, 0.3) is 0 Å². The number of ether oxygens (including phenoxy) is 1. The van der Waals surface area contributed by atoms with E-state index in [2.05, 4.69) is 34.9 Å². The van der Waals surface area contributed by atoms with Crippen molar-refractivity contribution in [3.8, 4) is 0 Å². The van der Waals surface area contributed by atoms with Gasteiger partial charge in [0.15, 0.2) is 0 Å². The maximum Gasteiger partial charge on any atom is 0.407 e. The third-order valence-corrected chi connectivity index (χ3v) is 4.40. The molecular formula is C17H24N2O2. The maximum atomic E-state index is 11.7. The first-order valence-electron chi connectivity index (χ1n) is 7.66. The highest BCUT2D eigenvalue weighted by Gasteiger charge is 2.57. The van der Waals surface area contributed by atoms with Gasteiger partial charge in [-0.05, 0) is 50.8 Å². The summed E-state index contributed by atoms with van der Waals surface area (Å²) in [6, 6.07) is 8.58. The molecule has 1 aromatic carbocycles. The number of alkyl carbamates (subject to hydrolysis) is 1. The smallest absolute Gasteiger partial charge is 0.407 e. The van der Waals surface area contributed by atoms with E-state index in [4.69, 9.17) is 4.74 Å². The Kier molecular flexibility index (Phi) is 3.44. The Morgan fingerprint density at radius 1 is 1.48 bits per heavy atom. The number of piperidine rings is 1. The lowest BCUT2D eigenvalue weighted by Gasteiger charge is -2.20. The normalized spacial score (nSPS) is 27.1. The van der Waals surface area contributed by atoms with E-state index < -0.39 is 5.60 Å². The standard InChI is InChI=1S/C17H24N2O2/c1-16(2,3)21-15(20)19-9-12-5-4-6-13(7-12)17-8-14(17)10-18-11-17/h4-7,14,18H,8-11H2,1-3H3,(H,19,20). The van der Waals surface area contributed by atoms with Gasteiger partial charge in [-0.25, -0.2) is 4.79 Å². The van der Waals surface area contributed by atoms with Crippen LogP contribution in [0, 0.1) is 5.92 Å². The van der Waals surface area contributed by atoms with E-state index in [9.17, 15) is 4.79 Å². The third kappa shape index (κ3) is 3.05. The SMILES string of the molecule is CC(C)(C)OC(=O)NCc1cccc(C23CNCC2C3)c1. The first-order valence-corrected chi connectivity index (χ1v) is 7.66. The van der Waals surface area contributed by atoms with Crippen LogP contribution in [0.4, 0.5) is 4.79 Å². The lowest BCUT2D eigenvalue weighted by Crippen LogP contribution is -2.32. The fourth-order valence-corrected chi connectivity index (χ4v) is 3.27. The summed E-state index contributed by atoms with van der Waals surface area (Å²) < 4.78 is 5.26. The van der Waals surface area contributed by atoms with Crippen molar-refractivity contribution in [1.29, 1.82) is 0 Å². The zero-order valence-corrected chi connectivity index (χ0v) is 13.0. The lowest BCUT2D eigenvalue weighted by atomic mass is 9.93. The number of rotatable bonds is 3. The molecule has 2 fully saturated rings. The van der Waals surface area contributed by atoms with Crippen molar-refractivity contribution in [2.45, 2.75) is 44.8 Å². The Hall–Kier alpha value is -1.55. The lowest BCUT2D eigenvalue weighted by molar-refractivity contribution is 0.0523. The molecule has 21 heavy (non-hydrogen) atoms. The number of amides is 1. The van der Waals surface area contributed by atoms with Gasteiger partial charge in [0.1, 0.15) is 5.60 Å². The van der Waals surface area contributed by atoms with Crippen molar-refractivity contribution in [2.24, 2.45) is 5.92 Å². The monoisotopic (exact) mass is 288 g/mol. The van der Waals surface area contributed by atoms with Crippen LogP contribution in [-0.4, -0.2) is 24.8 Å². The van der Waals surface area contributed by atoms with Crippen LogP contribution in [0.25, 0.3) is 0 Å². The van der Waals surface area contributed by atoms with Gasteiger partial charge in [0.2, 0.25) is 0 Å². The first-order chi connectivity index (χ1) is 9.89. The van der Waals surface area contributed by atoms with Gasteiger partial charge in [0.05, 0.1) is 0 Å². The third-order valence-electron chi connectivity index (χ3n) is 4.40. The van der Waals surface area contributed by atoms with Crippen LogP contribution in [0.15, 0.2) is 24.3 Å². The Labute approximate surface area is 126 Å². The van der Waals surface area contributed by atoms with Crippen molar-refractivity contribution in [2.75, 3.05) is 13.1 Å². The Bertz CT molecular complexity index is 550. The second kappa shape index (κ2) is 5.02. The summed E-state index contributed by atoms with van der Waals surface area (Å²) in [4.78, 5) is 11.7. The number of fused-ring (bicyclic) bond motifs is 1. The maximum absolute atomic E-state index is 11.7. The van der Waals surface area contributed by atoms with Crippen molar-refractivity contribution < 1.29 is 9.53 Å². The van der Waals surface area contributed by atoms with Crippen LogP contribution in [0.5, 0.6) is 0 Å². The Balaban J connectivity index is 1.61. The van der Waals surface area contributed by atoms with Crippen molar-refractivity contribution in [3.63, 3.8) is 0 Å². The highest BCUT2D eigenvalue weighted by molar-refractivity contribution is 5.67. The van der Waals surface area contributed by atoms with E-state index in [0.29, 0.717) is 12.0 Å². The molecule has 4 heteroatoms. The van der Waals surface area contributed by atoms with E-state index in [1.165, 1.54) is 12.0 Å². The van der Waals surface area contributed by atoms with E-state index >= 15 is 0 Å². The Morgan fingerprint density at radius 2 is 2.29 bits per heavy atom. The predicted molar refractivity (Wildman–Crippen MR) is 82.2 cm³/mol. The molecule has 0 aromatic heterocycles. The number of hydrogen-bond donors (Lipinski definition) is 2. The molecule has 0 radical (unpaired) electrons. The first kappa shape index (κ1) is 14.4. The molecular weight excluding hydrogens is 264 g/mol. The summed E-state index contributed by atoms with van der Waals surface area (Å²) in [7, 11) is 0. The van der Waals surface area contributed by atoms with E-state index in [-0.39, 0.29) is 6.09 Å². The number of carbonyl (C=O) groups excluding carboxylic acids is 1. The molecule has 2 N–H and O–H groups in total. The molecule has 1 saturated heterocycles. The molecule has 3 rings (SSSR count). The molecule has 1 heterocycles. The second-order valence-corrected chi connectivity index (χ2v) is 7.24. The van der Waals surface area contributed by atoms with Gasteiger partial charge < -0.3 is 15.4 Å². The van der Waals surface area contributed by atoms with Gasteiger partial charge in [-0.2, -0.15) is 0 Å². The largest absolute Gasteiger partial charge is 0.444 e. The minimum atomic E-state index is -0.457. The zero-order valence-electron chi connectivity index (χ0n) is 13.0. The van der Waals surface area contributed by atoms with Crippen LogP contribution < -0.4 is 10.6 Å². The van der Waals surface area contributed by atoms with E-state index in [1.807, 2.05) is 20.8 Å². The molecule has 0 bridgehead atoms. The molecule has 1 aliphatic carbocycles. The fraction of sp³-hybridized carbons (Fsp3) is 0.588. The average Bonchev–Trinajstić information content (AvgIpc) is 2.97. The molecule has 114 valence electrons. The molecule has 4 nitrogen and oxygen atoms in total. The van der Waals surface area contributed by atoms with Crippen LogP contribution in [0.3, 0.4) is 0 Å². The summed E-state index contributed by atoms with van der Waals surface area (Å²) >= 11 is 0. The fourth-order valence-electron chi connectivity index (χ4n) is 3.27. The average molecular weight is 288 g/mol. The highest BCUT2D eigenvalue weighted by atomic mass is 16.6. The summed E-state index contributed by atoms with van der Waals surface area (Å²) in [6.45, 7) is 8.34. The van der Waals surface area contributed by atoms with E-state index in [0.717, 1.165) is 24.6 Å². The molecule has 0 spiro atoms. The van der Waals surface area contributed by atoms with Gasteiger partial charge in [-0.1, -0.05) is 24.3 Å². The zero-order chi connectivity index (χ0) is 15.1. The summed E-state index contributed by atoms with van der Waals surface area (Å²) in [5.74, 6) is 0.798. The molecule has 2 atom stereocenters. The number of carbonyl (C=O) groups is 1. The number of benzene rings is 1.